The van der Waals surface area contributed by atoms with E-state index in [9.17, 15) is 26.3 Å². The zero-order chi connectivity index (χ0) is 38.0. The monoisotopic (exact) mass is 744 g/mol. The molecule has 0 spiro atoms. The SMILES string of the molecule is Nc1nnc(-c2cc(N3CCC3)nc(C(F)(F)F)c2)c(-c2ccccc2)n1.Nc1nnc(-c2cc(N3CCC3)nc(C(F)(F)F)c2)c(-c2ccccc2)n1. The van der Waals surface area contributed by atoms with E-state index < -0.39 is 23.7 Å². The van der Waals surface area contributed by atoms with E-state index in [2.05, 4.69) is 40.3 Å². The Hall–Kier alpha value is -6.46. The van der Waals surface area contributed by atoms with E-state index in [-0.39, 0.29) is 46.0 Å². The average molecular weight is 745 g/mol. The second-order valence-electron chi connectivity index (χ2n) is 12.3. The third-order valence-corrected chi connectivity index (χ3v) is 8.61. The summed E-state index contributed by atoms with van der Waals surface area (Å²) < 4.78 is 80.3. The van der Waals surface area contributed by atoms with Gasteiger partial charge in [-0.2, -0.15) is 26.3 Å². The number of nitrogen functional groups attached to an aromatic ring is 2. The number of aromatic nitrogens is 8. The number of pyridine rings is 2. The Morgan fingerprint density at radius 1 is 0.444 bits per heavy atom. The maximum atomic E-state index is 13.4. The molecule has 2 aromatic carbocycles. The highest BCUT2D eigenvalue weighted by atomic mass is 19.4. The third kappa shape index (κ3) is 7.81. The molecule has 276 valence electrons. The lowest BCUT2D eigenvalue weighted by atomic mass is 10.0. The number of benzene rings is 2. The molecule has 2 saturated heterocycles. The Bertz CT molecular complexity index is 2100. The van der Waals surface area contributed by atoms with E-state index in [1.54, 1.807) is 70.5 Å². The number of nitrogens with two attached hydrogens (primary N) is 2. The van der Waals surface area contributed by atoms with Gasteiger partial charge in [0.05, 0.1) is 0 Å². The van der Waals surface area contributed by atoms with Gasteiger partial charge in [-0.3, -0.25) is 0 Å². The van der Waals surface area contributed by atoms with E-state index in [1.165, 1.54) is 0 Å². The van der Waals surface area contributed by atoms with Crippen LogP contribution < -0.4 is 21.3 Å². The highest BCUT2D eigenvalue weighted by Gasteiger charge is 2.36. The molecular weight excluding hydrogens is 714 g/mol. The molecule has 4 N–H and O–H groups in total. The molecule has 2 aliphatic rings. The summed E-state index contributed by atoms with van der Waals surface area (Å²) in [6.45, 7) is 2.69. The first-order valence-electron chi connectivity index (χ1n) is 16.6. The molecule has 2 aliphatic heterocycles. The largest absolute Gasteiger partial charge is 0.433 e. The van der Waals surface area contributed by atoms with Gasteiger partial charge in [0.2, 0.25) is 11.9 Å². The minimum Gasteiger partial charge on any atom is -0.366 e. The van der Waals surface area contributed by atoms with E-state index in [1.807, 2.05) is 12.1 Å². The normalized spacial score (nSPS) is 14.1. The molecule has 0 atom stereocenters. The number of hydrogen-bond acceptors (Lipinski definition) is 12. The van der Waals surface area contributed by atoms with E-state index in [0.29, 0.717) is 48.7 Å². The van der Waals surface area contributed by atoms with Crippen molar-refractivity contribution in [2.75, 3.05) is 47.4 Å². The lowest BCUT2D eigenvalue weighted by Crippen LogP contribution is -2.38. The van der Waals surface area contributed by atoms with Crippen molar-refractivity contribution in [1.29, 1.82) is 0 Å². The zero-order valence-electron chi connectivity index (χ0n) is 28.2. The van der Waals surface area contributed by atoms with E-state index >= 15 is 0 Å². The Morgan fingerprint density at radius 2 is 0.815 bits per heavy atom. The molecule has 0 radical (unpaired) electrons. The van der Waals surface area contributed by atoms with Crippen LogP contribution in [0.25, 0.3) is 45.0 Å². The lowest BCUT2D eigenvalue weighted by Gasteiger charge is -2.32. The molecule has 0 amide bonds. The van der Waals surface area contributed by atoms with Crippen LogP contribution in [0.5, 0.6) is 0 Å². The number of rotatable bonds is 6. The first kappa shape index (κ1) is 35.9. The van der Waals surface area contributed by atoms with Gasteiger partial charge in [0.1, 0.15) is 45.8 Å². The maximum absolute atomic E-state index is 13.4. The van der Waals surface area contributed by atoms with Gasteiger partial charge in [0.25, 0.3) is 0 Å². The van der Waals surface area contributed by atoms with Crippen molar-refractivity contribution < 1.29 is 26.3 Å². The van der Waals surface area contributed by atoms with E-state index in [0.717, 1.165) is 25.0 Å². The molecule has 12 nitrogen and oxygen atoms in total. The van der Waals surface area contributed by atoms with Crippen LogP contribution in [0.3, 0.4) is 0 Å². The minimum atomic E-state index is -4.57. The Morgan fingerprint density at radius 3 is 1.13 bits per heavy atom. The molecule has 0 bridgehead atoms. The summed E-state index contributed by atoms with van der Waals surface area (Å²) in [5.41, 5.74) is 12.5. The van der Waals surface area contributed by atoms with Crippen molar-refractivity contribution in [3.8, 4) is 45.0 Å². The van der Waals surface area contributed by atoms with Crippen LogP contribution in [0, 0.1) is 0 Å². The molecule has 4 aromatic heterocycles. The van der Waals surface area contributed by atoms with Crippen LogP contribution in [0.15, 0.2) is 84.9 Å². The second-order valence-corrected chi connectivity index (χ2v) is 12.3. The van der Waals surface area contributed by atoms with Gasteiger partial charge in [-0.25, -0.2) is 19.9 Å². The summed E-state index contributed by atoms with van der Waals surface area (Å²) >= 11 is 0. The highest BCUT2D eigenvalue weighted by molar-refractivity contribution is 5.80. The Kier molecular flexibility index (Phi) is 9.66. The van der Waals surface area contributed by atoms with Crippen molar-refractivity contribution in [1.82, 2.24) is 40.3 Å². The van der Waals surface area contributed by atoms with Gasteiger partial charge < -0.3 is 21.3 Å². The summed E-state index contributed by atoms with van der Waals surface area (Å²) in [4.78, 5) is 19.6. The second kappa shape index (κ2) is 14.5. The molecule has 0 unspecified atom stereocenters. The molecule has 18 heteroatoms. The van der Waals surface area contributed by atoms with Gasteiger partial charge >= 0.3 is 12.4 Å². The fraction of sp³-hybridized carbons (Fsp3) is 0.222. The van der Waals surface area contributed by atoms with Crippen molar-refractivity contribution in [2.45, 2.75) is 25.2 Å². The number of alkyl halides is 6. The van der Waals surface area contributed by atoms with Crippen molar-refractivity contribution >= 4 is 23.5 Å². The quantitative estimate of drug-likeness (QED) is 0.172. The summed E-state index contributed by atoms with van der Waals surface area (Å²) in [5.74, 6) is 0.434. The average Bonchev–Trinajstić information content (AvgIpc) is 3.10. The van der Waals surface area contributed by atoms with Crippen LogP contribution in [0.1, 0.15) is 24.2 Å². The molecule has 2 fully saturated rings. The topological polar surface area (TPSA) is 162 Å². The molecule has 0 aliphatic carbocycles. The van der Waals surface area contributed by atoms with Crippen molar-refractivity contribution in [3.63, 3.8) is 0 Å². The summed E-state index contributed by atoms with van der Waals surface area (Å²) in [5, 5.41) is 15.6. The summed E-state index contributed by atoms with van der Waals surface area (Å²) in [6.07, 6.45) is -7.30. The summed E-state index contributed by atoms with van der Waals surface area (Å²) in [7, 11) is 0. The number of nitrogens with zero attached hydrogens (tertiary/aromatic N) is 10. The van der Waals surface area contributed by atoms with Gasteiger partial charge in [-0.1, -0.05) is 60.7 Å². The van der Waals surface area contributed by atoms with E-state index in [4.69, 9.17) is 11.5 Å². The molecule has 54 heavy (non-hydrogen) atoms. The third-order valence-electron chi connectivity index (χ3n) is 8.61. The highest BCUT2D eigenvalue weighted by Crippen LogP contribution is 2.38. The van der Waals surface area contributed by atoms with Crippen molar-refractivity contribution in [2.24, 2.45) is 0 Å². The predicted molar refractivity (Wildman–Crippen MR) is 189 cm³/mol. The lowest BCUT2D eigenvalue weighted by molar-refractivity contribution is -0.141. The van der Waals surface area contributed by atoms with Gasteiger partial charge in [-0.05, 0) is 37.1 Å². The van der Waals surface area contributed by atoms with Gasteiger partial charge in [-0.15, -0.1) is 20.4 Å². The minimum absolute atomic E-state index is 0.0503. The fourth-order valence-electron chi connectivity index (χ4n) is 5.67. The number of halogens is 6. The number of hydrogen-bond donors (Lipinski definition) is 2. The molecule has 8 rings (SSSR count). The molecule has 6 aromatic rings. The zero-order valence-corrected chi connectivity index (χ0v) is 28.2. The van der Waals surface area contributed by atoms with Gasteiger partial charge in [0, 0.05) is 48.4 Å². The standard InChI is InChI=1S/2C18H15F3N6/c2*19-18(20,21)13-9-12(10-14(23-13)27-7-4-8-27)16-15(24-17(22)26-25-16)11-5-2-1-3-6-11/h2*1-3,5-6,9-10H,4,7-8H2,(H2,22,24,26). The van der Waals surface area contributed by atoms with Gasteiger partial charge in [0.15, 0.2) is 0 Å². The molecular formula is C36H30F6N12. The fourth-order valence-corrected chi connectivity index (χ4v) is 5.67. The smallest absolute Gasteiger partial charge is 0.366 e. The first-order valence-corrected chi connectivity index (χ1v) is 16.6. The van der Waals surface area contributed by atoms with Crippen LogP contribution in [0.2, 0.25) is 0 Å². The van der Waals surface area contributed by atoms with Crippen LogP contribution in [-0.2, 0) is 12.4 Å². The Labute approximate surface area is 304 Å². The Balaban J connectivity index is 0.000000167. The first-order chi connectivity index (χ1) is 25.8. The van der Waals surface area contributed by atoms with Crippen LogP contribution >= 0.6 is 0 Å². The molecule has 0 saturated carbocycles. The maximum Gasteiger partial charge on any atom is 0.433 e. The summed E-state index contributed by atoms with van der Waals surface area (Å²) in [6, 6.07) is 23.1. The van der Waals surface area contributed by atoms with Crippen molar-refractivity contribution in [3.05, 3.63) is 96.3 Å². The molecule has 6 heterocycles. The van der Waals surface area contributed by atoms with Crippen LogP contribution in [-0.4, -0.2) is 66.5 Å². The number of anilines is 4. The van der Waals surface area contributed by atoms with Crippen LogP contribution in [0.4, 0.5) is 49.9 Å². The predicted octanol–water partition coefficient (Wildman–Crippen LogP) is 6.82.